The van der Waals surface area contributed by atoms with Crippen molar-refractivity contribution < 1.29 is 19.1 Å². The number of amides is 4. The van der Waals surface area contributed by atoms with Gasteiger partial charge in [-0.1, -0.05) is 32.6 Å². The molecule has 0 spiro atoms. The van der Waals surface area contributed by atoms with Crippen molar-refractivity contribution in [2.45, 2.75) is 64.5 Å². The van der Waals surface area contributed by atoms with Crippen LogP contribution in [-0.2, 0) is 14.3 Å². The molecule has 0 unspecified atom stereocenters. The molecule has 2 heterocycles. The molecule has 8 heteroatoms. The lowest BCUT2D eigenvalue weighted by Crippen LogP contribution is -2.48. The Morgan fingerprint density at radius 1 is 1.16 bits per heavy atom. The van der Waals surface area contributed by atoms with Gasteiger partial charge in [-0.2, -0.15) is 0 Å². The summed E-state index contributed by atoms with van der Waals surface area (Å²) in [5.41, 5.74) is 0.754. The molecule has 0 radical (unpaired) electrons. The van der Waals surface area contributed by atoms with Crippen molar-refractivity contribution >= 4 is 29.2 Å². The van der Waals surface area contributed by atoms with Gasteiger partial charge in [-0.15, -0.1) is 0 Å². The predicted octanol–water partition coefficient (Wildman–Crippen LogP) is 3.13. The Labute approximate surface area is 184 Å². The van der Waals surface area contributed by atoms with E-state index in [4.69, 9.17) is 4.74 Å². The van der Waals surface area contributed by atoms with Gasteiger partial charge in [-0.05, 0) is 44.5 Å². The highest BCUT2D eigenvalue weighted by Gasteiger charge is 2.50. The van der Waals surface area contributed by atoms with E-state index in [1.807, 2.05) is 24.3 Å². The SMILES string of the molecule is CCCCCC[C@@]1(C)NC(=O)N([C@@H](C)C(=O)Nc2ccc(N3CCOCC3)cc2)C1=O. The number of imide groups is 1. The van der Waals surface area contributed by atoms with Crippen LogP contribution < -0.4 is 15.5 Å². The molecular formula is C23H34N4O4. The van der Waals surface area contributed by atoms with Crippen LogP contribution in [0.2, 0.25) is 0 Å². The molecule has 4 amide bonds. The van der Waals surface area contributed by atoms with E-state index in [1.54, 1.807) is 13.8 Å². The zero-order valence-electron chi connectivity index (χ0n) is 18.8. The topological polar surface area (TPSA) is 91.0 Å². The highest BCUT2D eigenvalue weighted by Crippen LogP contribution is 2.26. The fourth-order valence-electron chi connectivity index (χ4n) is 4.08. The summed E-state index contributed by atoms with van der Waals surface area (Å²) in [5, 5.41) is 5.61. The lowest BCUT2D eigenvalue weighted by atomic mass is 9.94. The van der Waals surface area contributed by atoms with Gasteiger partial charge in [0.2, 0.25) is 5.91 Å². The number of nitrogens with zero attached hydrogens (tertiary/aromatic N) is 2. The Balaban J connectivity index is 1.58. The minimum Gasteiger partial charge on any atom is -0.378 e. The largest absolute Gasteiger partial charge is 0.378 e. The van der Waals surface area contributed by atoms with Gasteiger partial charge >= 0.3 is 6.03 Å². The number of carbonyl (C=O) groups is 3. The number of hydrogen-bond donors (Lipinski definition) is 2. The van der Waals surface area contributed by atoms with E-state index in [1.165, 1.54) is 0 Å². The molecule has 2 fully saturated rings. The fraction of sp³-hybridized carbons (Fsp3) is 0.609. The molecule has 0 aromatic heterocycles. The fourth-order valence-corrected chi connectivity index (χ4v) is 4.08. The Morgan fingerprint density at radius 3 is 2.48 bits per heavy atom. The van der Waals surface area contributed by atoms with Gasteiger partial charge in [0.1, 0.15) is 11.6 Å². The summed E-state index contributed by atoms with van der Waals surface area (Å²) in [6, 6.07) is 6.16. The van der Waals surface area contributed by atoms with E-state index in [2.05, 4.69) is 22.5 Å². The van der Waals surface area contributed by atoms with Crippen molar-refractivity contribution in [3.05, 3.63) is 24.3 Å². The molecule has 8 nitrogen and oxygen atoms in total. The van der Waals surface area contributed by atoms with Crippen LogP contribution in [0.3, 0.4) is 0 Å². The molecular weight excluding hydrogens is 396 g/mol. The number of nitrogens with one attached hydrogen (secondary N) is 2. The highest BCUT2D eigenvalue weighted by molar-refractivity contribution is 6.11. The first kappa shape index (κ1) is 23.1. The number of hydrogen-bond acceptors (Lipinski definition) is 5. The second-order valence-corrected chi connectivity index (χ2v) is 8.56. The smallest absolute Gasteiger partial charge is 0.325 e. The molecule has 1 aromatic carbocycles. The maximum absolute atomic E-state index is 13.0. The Hall–Kier alpha value is -2.61. The predicted molar refractivity (Wildman–Crippen MR) is 120 cm³/mol. The average Bonchev–Trinajstić information content (AvgIpc) is 3.00. The molecule has 0 aliphatic carbocycles. The van der Waals surface area contributed by atoms with Crippen LogP contribution in [0.4, 0.5) is 16.2 Å². The molecule has 170 valence electrons. The van der Waals surface area contributed by atoms with Crippen molar-refractivity contribution in [1.29, 1.82) is 0 Å². The van der Waals surface area contributed by atoms with Crippen LogP contribution in [0, 0.1) is 0 Å². The minimum atomic E-state index is -0.945. The first-order valence-electron chi connectivity index (χ1n) is 11.2. The standard InChI is InChI=1S/C23H34N4O4/c1-4-5-6-7-12-23(3)21(29)27(22(30)25-23)17(2)20(28)24-18-8-10-19(11-9-18)26-13-15-31-16-14-26/h8-11,17H,4-7,12-16H2,1-3H3,(H,24,28)(H,25,30)/t17-,23+/m0/s1. The third-order valence-corrected chi connectivity index (χ3v) is 6.10. The van der Waals surface area contributed by atoms with E-state index in [-0.39, 0.29) is 5.91 Å². The van der Waals surface area contributed by atoms with Crippen LogP contribution in [0.25, 0.3) is 0 Å². The lowest BCUT2D eigenvalue weighted by Gasteiger charge is -2.29. The molecule has 31 heavy (non-hydrogen) atoms. The van der Waals surface area contributed by atoms with E-state index < -0.39 is 23.5 Å². The van der Waals surface area contributed by atoms with Crippen LogP contribution in [0.15, 0.2) is 24.3 Å². The summed E-state index contributed by atoms with van der Waals surface area (Å²) < 4.78 is 5.37. The first-order valence-corrected chi connectivity index (χ1v) is 11.2. The molecule has 2 aliphatic heterocycles. The number of rotatable bonds is 9. The number of benzene rings is 1. The van der Waals surface area contributed by atoms with Gasteiger partial charge in [0.05, 0.1) is 13.2 Å². The lowest BCUT2D eigenvalue weighted by molar-refractivity contribution is -0.136. The first-order chi connectivity index (χ1) is 14.9. The summed E-state index contributed by atoms with van der Waals surface area (Å²) in [4.78, 5) is 41.5. The summed E-state index contributed by atoms with van der Waals surface area (Å²) in [5.74, 6) is -0.725. The number of ether oxygens (including phenoxy) is 1. The van der Waals surface area contributed by atoms with Crippen molar-refractivity contribution in [2.24, 2.45) is 0 Å². The third kappa shape index (κ3) is 5.36. The van der Waals surface area contributed by atoms with Crippen LogP contribution in [0.1, 0.15) is 52.9 Å². The van der Waals surface area contributed by atoms with Gasteiger partial charge in [0.25, 0.3) is 5.91 Å². The van der Waals surface area contributed by atoms with E-state index >= 15 is 0 Å². The molecule has 2 N–H and O–H groups in total. The minimum absolute atomic E-state index is 0.334. The van der Waals surface area contributed by atoms with Gasteiger partial charge < -0.3 is 20.3 Å². The van der Waals surface area contributed by atoms with Crippen molar-refractivity contribution in [3.63, 3.8) is 0 Å². The molecule has 2 aliphatic rings. The molecule has 3 rings (SSSR count). The zero-order valence-corrected chi connectivity index (χ0v) is 18.8. The Morgan fingerprint density at radius 2 is 1.84 bits per heavy atom. The Kier molecular flexibility index (Phi) is 7.54. The van der Waals surface area contributed by atoms with Crippen LogP contribution >= 0.6 is 0 Å². The normalized spacial score (nSPS) is 22.4. The number of anilines is 2. The third-order valence-electron chi connectivity index (χ3n) is 6.10. The maximum Gasteiger partial charge on any atom is 0.325 e. The Bertz CT molecular complexity index is 791. The molecule has 0 bridgehead atoms. The second-order valence-electron chi connectivity index (χ2n) is 8.56. The van der Waals surface area contributed by atoms with Crippen molar-refractivity contribution in [3.8, 4) is 0 Å². The summed E-state index contributed by atoms with van der Waals surface area (Å²) >= 11 is 0. The summed E-state index contributed by atoms with van der Waals surface area (Å²) in [7, 11) is 0. The second kappa shape index (κ2) is 10.1. The zero-order chi connectivity index (χ0) is 22.4. The van der Waals surface area contributed by atoms with Crippen LogP contribution in [-0.4, -0.2) is 60.6 Å². The number of carbonyl (C=O) groups excluding carboxylic acids is 3. The number of urea groups is 1. The quantitative estimate of drug-likeness (QED) is 0.464. The average molecular weight is 431 g/mol. The van der Waals surface area contributed by atoms with Crippen LogP contribution in [0.5, 0.6) is 0 Å². The number of unbranched alkanes of at least 4 members (excludes halogenated alkanes) is 3. The molecule has 2 saturated heterocycles. The van der Waals surface area contributed by atoms with Crippen molar-refractivity contribution in [1.82, 2.24) is 10.2 Å². The van der Waals surface area contributed by atoms with Gasteiger partial charge in [-0.25, -0.2) is 9.69 Å². The molecule has 0 saturated carbocycles. The molecule has 1 aromatic rings. The highest BCUT2D eigenvalue weighted by atomic mass is 16.5. The van der Waals surface area contributed by atoms with Gasteiger partial charge in [0.15, 0.2) is 0 Å². The van der Waals surface area contributed by atoms with Gasteiger partial charge in [-0.3, -0.25) is 9.59 Å². The summed E-state index contributed by atoms with van der Waals surface area (Å²) in [6.07, 6.45) is 4.66. The van der Waals surface area contributed by atoms with Crippen molar-refractivity contribution in [2.75, 3.05) is 36.5 Å². The van der Waals surface area contributed by atoms with Gasteiger partial charge in [0, 0.05) is 24.5 Å². The van der Waals surface area contributed by atoms with E-state index in [9.17, 15) is 14.4 Å². The molecule has 2 atom stereocenters. The maximum atomic E-state index is 13.0. The number of morpholine rings is 1. The van der Waals surface area contributed by atoms with E-state index in [0.717, 1.165) is 49.4 Å². The monoisotopic (exact) mass is 430 g/mol. The summed E-state index contributed by atoms with van der Waals surface area (Å²) in [6.45, 7) is 8.55. The van der Waals surface area contributed by atoms with E-state index in [0.29, 0.717) is 25.3 Å².